The largest absolute Gasteiger partial charge is 0.326 e. The van der Waals surface area contributed by atoms with E-state index in [1.165, 1.54) is 16.9 Å². The Kier molecular flexibility index (Phi) is 6.54. The van der Waals surface area contributed by atoms with Gasteiger partial charge in [-0.15, -0.1) is 11.8 Å². The van der Waals surface area contributed by atoms with Crippen molar-refractivity contribution in [2.45, 2.75) is 36.3 Å². The molecule has 2 aromatic carbocycles. The van der Waals surface area contributed by atoms with Crippen LogP contribution in [0.5, 0.6) is 0 Å². The Hall–Kier alpha value is -1.78. The van der Waals surface area contributed by atoms with Gasteiger partial charge in [-0.05, 0) is 68.6 Å². The number of thioether (sulfide) groups is 1. The molecule has 132 valence electrons. The van der Waals surface area contributed by atoms with E-state index in [1.54, 1.807) is 0 Å². The van der Waals surface area contributed by atoms with E-state index in [2.05, 4.69) is 54.0 Å². The second-order valence-electron chi connectivity index (χ2n) is 6.64. The summed E-state index contributed by atoms with van der Waals surface area (Å²) in [5, 5.41) is 6.74. The molecule has 4 heteroatoms. The number of anilines is 1. The molecule has 3 rings (SSSR count). The normalized spacial score (nSPS) is 18.0. The number of nitrogens with one attached hydrogen (secondary N) is 2. The topological polar surface area (TPSA) is 41.1 Å². The third kappa shape index (κ3) is 5.62. The van der Waals surface area contributed by atoms with Gasteiger partial charge in [0.2, 0.25) is 5.91 Å². The minimum Gasteiger partial charge on any atom is -0.326 e. The van der Waals surface area contributed by atoms with Crippen LogP contribution in [0.15, 0.2) is 59.5 Å². The average molecular weight is 355 g/mol. The summed E-state index contributed by atoms with van der Waals surface area (Å²) in [5.41, 5.74) is 2.15. The van der Waals surface area contributed by atoms with Gasteiger partial charge in [-0.1, -0.05) is 30.3 Å². The Labute approximate surface area is 154 Å². The summed E-state index contributed by atoms with van der Waals surface area (Å²) in [5.74, 6) is 0.773. The number of carbonyl (C=O) groups excluding carboxylic acids is 1. The molecule has 2 unspecified atom stereocenters. The summed E-state index contributed by atoms with van der Waals surface area (Å²) in [7, 11) is 0. The predicted octanol–water partition coefficient (Wildman–Crippen LogP) is 4.87. The van der Waals surface area contributed by atoms with Crippen LogP contribution in [0.1, 0.15) is 37.0 Å². The molecule has 0 bridgehead atoms. The van der Waals surface area contributed by atoms with E-state index >= 15 is 0 Å². The van der Waals surface area contributed by atoms with Crippen molar-refractivity contribution >= 4 is 23.4 Å². The Morgan fingerprint density at radius 2 is 1.96 bits per heavy atom. The quantitative estimate of drug-likeness (QED) is 0.697. The number of hydrogen-bond donors (Lipinski definition) is 2. The molecule has 0 aromatic heterocycles. The van der Waals surface area contributed by atoms with E-state index in [1.807, 2.05) is 30.0 Å². The van der Waals surface area contributed by atoms with Gasteiger partial charge in [-0.2, -0.15) is 0 Å². The number of rotatable bonds is 7. The monoisotopic (exact) mass is 354 g/mol. The first-order chi connectivity index (χ1) is 12.2. The zero-order valence-corrected chi connectivity index (χ0v) is 15.5. The molecule has 0 saturated carbocycles. The highest BCUT2D eigenvalue weighted by atomic mass is 32.2. The SMILES string of the molecule is CC(Sc1ccccc1)c1ccc(NC(=O)CCC2CCNC2)cc1. The van der Waals surface area contributed by atoms with Crippen LogP contribution >= 0.6 is 11.8 Å². The fraction of sp³-hybridized carbons (Fsp3) is 0.381. The maximum atomic E-state index is 12.1. The number of carbonyl (C=O) groups is 1. The third-order valence-electron chi connectivity index (χ3n) is 4.66. The molecule has 2 N–H and O–H groups in total. The zero-order chi connectivity index (χ0) is 17.5. The molecule has 25 heavy (non-hydrogen) atoms. The molecule has 1 aliphatic heterocycles. The Balaban J connectivity index is 1.48. The smallest absolute Gasteiger partial charge is 0.224 e. The van der Waals surface area contributed by atoms with E-state index in [0.29, 0.717) is 17.6 Å². The highest BCUT2D eigenvalue weighted by Crippen LogP contribution is 2.34. The van der Waals surface area contributed by atoms with Gasteiger partial charge < -0.3 is 10.6 Å². The molecular formula is C21H26N2OS. The zero-order valence-electron chi connectivity index (χ0n) is 14.7. The summed E-state index contributed by atoms with van der Waals surface area (Å²) in [6.45, 7) is 4.35. The van der Waals surface area contributed by atoms with E-state index in [9.17, 15) is 4.79 Å². The molecule has 1 saturated heterocycles. The first kappa shape index (κ1) is 18.0. The fourth-order valence-electron chi connectivity index (χ4n) is 3.13. The van der Waals surface area contributed by atoms with Crippen molar-refractivity contribution in [2.24, 2.45) is 5.92 Å². The van der Waals surface area contributed by atoms with Crippen molar-refractivity contribution < 1.29 is 4.79 Å². The van der Waals surface area contributed by atoms with Gasteiger partial charge in [0.25, 0.3) is 0 Å². The van der Waals surface area contributed by atoms with Crippen LogP contribution < -0.4 is 10.6 Å². The lowest BCUT2D eigenvalue weighted by molar-refractivity contribution is -0.116. The Morgan fingerprint density at radius 3 is 2.64 bits per heavy atom. The second-order valence-corrected chi connectivity index (χ2v) is 8.06. The summed E-state index contributed by atoms with van der Waals surface area (Å²) < 4.78 is 0. The lowest BCUT2D eigenvalue weighted by atomic mass is 10.0. The minimum absolute atomic E-state index is 0.117. The predicted molar refractivity (Wildman–Crippen MR) is 106 cm³/mol. The number of benzene rings is 2. The summed E-state index contributed by atoms with van der Waals surface area (Å²) in [6, 6.07) is 18.7. The van der Waals surface area contributed by atoms with E-state index < -0.39 is 0 Å². The molecule has 1 fully saturated rings. The van der Waals surface area contributed by atoms with Gasteiger partial charge >= 0.3 is 0 Å². The molecule has 1 aliphatic rings. The van der Waals surface area contributed by atoms with Crippen LogP contribution in [0.2, 0.25) is 0 Å². The maximum Gasteiger partial charge on any atom is 0.224 e. The molecule has 2 atom stereocenters. The van der Waals surface area contributed by atoms with Crippen LogP contribution in [0, 0.1) is 5.92 Å². The molecule has 3 nitrogen and oxygen atoms in total. The highest BCUT2D eigenvalue weighted by Gasteiger charge is 2.15. The first-order valence-electron chi connectivity index (χ1n) is 9.03. The van der Waals surface area contributed by atoms with Crippen LogP contribution in [-0.2, 0) is 4.79 Å². The molecule has 0 aliphatic carbocycles. The fourth-order valence-corrected chi connectivity index (χ4v) is 4.14. The molecule has 0 spiro atoms. The molecule has 0 radical (unpaired) electrons. The standard InChI is InChI=1S/C21H26N2OS/c1-16(25-20-5-3-2-4-6-20)18-8-10-19(11-9-18)23-21(24)12-7-17-13-14-22-15-17/h2-6,8-11,16-17,22H,7,12-15H2,1H3,(H,23,24). The van der Waals surface area contributed by atoms with E-state index in [4.69, 9.17) is 0 Å². The summed E-state index contributed by atoms with van der Waals surface area (Å²) in [4.78, 5) is 13.4. The molecule has 2 aromatic rings. The lowest BCUT2D eigenvalue weighted by Gasteiger charge is -2.13. The average Bonchev–Trinajstić information content (AvgIpc) is 3.15. The van der Waals surface area contributed by atoms with Gasteiger partial charge in [0.15, 0.2) is 0 Å². The van der Waals surface area contributed by atoms with Gasteiger partial charge in [-0.25, -0.2) is 0 Å². The van der Waals surface area contributed by atoms with Crippen LogP contribution in [0.25, 0.3) is 0 Å². The van der Waals surface area contributed by atoms with Crippen LogP contribution in [0.3, 0.4) is 0 Å². The van der Waals surface area contributed by atoms with Gasteiger partial charge in [0.1, 0.15) is 0 Å². The van der Waals surface area contributed by atoms with Gasteiger partial charge in [0, 0.05) is 22.3 Å². The minimum atomic E-state index is 0.117. The van der Waals surface area contributed by atoms with Gasteiger partial charge in [0.05, 0.1) is 0 Å². The van der Waals surface area contributed by atoms with Crippen molar-refractivity contribution in [1.29, 1.82) is 0 Å². The van der Waals surface area contributed by atoms with Crippen LogP contribution in [-0.4, -0.2) is 19.0 Å². The van der Waals surface area contributed by atoms with Crippen molar-refractivity contribution in [3.05, 3.63) is 60.2 Å². The van der Waals surface area contributed by atoms with Gasteiger partial charge in [-0.3, -0.25) is 4.79 Å². The second kappa shape index (κ2) is 9.07. The van der Waals surface area contributed by atoms with Crippen molar-refractivity contribution in [3.63, 3.8) is 0 Å². The van der Waals surface area contributed by atoms with E-state index in [-0.39, 0.29) is 5.91 Å². The third-order valence-corrected chi connectivity index (χ3v) is 5.83. The van der Waals surface area contributed by atoms with Crippen LogP contribution in [0.4, 0.5) is 5.69 Å². The first-order valence-corrected chi connectivity index (χ1v) is 9.91. The highest BCUT2D eigenvalue weighted by molar-refractivity contribution is 7.99. The Bertz CT molecular complexity index is 666. The Morgan fingerprint density at radius 1 is 1.20 bits per heavy atom. The van der Waals surface area contributed by atoms with Crippen molar-refractivity contribution in [2.75, 3.05) is 18.4 Å². The summed E-state index contributed by atoms with van der Waals surface area (Å²) in [6.07, 6.45) is 2.77. The molecular weight excluding hydrogens is 328 g/mol. The van der Waals surface area contributed by atoms with E-state index in [0.717, 1.165) is 25.2 Å². The molecule has 1 heterocycles. The van der Waals surface area contributed by atoms with Crippen molar-refractivity contribution in [1.82, 2.24) is 5.32 Å². The number of hydrogen-bond acceptors (Lipinski definition) is 3. The molecule has 1 amide bonds. The van der Waals surface area contributed by atoms with Crippen molar-refractivity contribution in [3.8, 4) is 0 Å². The lowest BCUT2D eigenvalue weighted by Crippen LogP contribution is -2.15. The summed E-state index contributed by atoms with van der Waals surface area (Å²) >= 11 is 1.85. The number of amides is 1. The maximum absolute atomic E-state index is 12.1.